The van der Waals surface area contributed by atoms with Crippen LogP contribution < -0.4 is 11.2 Å². The lowest BCUT2D eigenvalue weighted by Crippen LogP contribution is -2.25. The number of rotatable bonds is 6. The van der Waals surface area contributed by atoms with Gasteiger partial charge in [-0.15, -0.1) is 0 Å². The van der Waals surface area contributed by atoms with Gasteiger partial charge in [-0.1, -0.05) is 26.2 Å². The third kappa shape index (κ3) is 8.85. The van der Waals surface area contributed by atoms with E-state index in [1.807, 2.05) is 6.92 Å². The summed E-state index contributed by atoms with van der Waals surface area (Å²) in [5.41, 5.74) is 8.00. The second-order valence-corrected chi connectivity index (χ2v) is 3.13. The Morgan fingerprint density at radius 1 is 1.38 bits per heavy atom. The predicted molar refractivity (Wildman–Crippen MR) is 54.6 cm³/mol. The van der Waals surface area contributed by atoms with Crippen LogP contribution in [0.2, 0.25) is 0 Å². The highest BCUT2D eigenvalue weighted by atomic mass is 16.2. The lowest BCUT2D eigenvalue weighted by atomic mass is 10.1. The van der Waals surface area contributed by atoms with Crippen molar-refractivity contribution in [3.63, 3.8) is 0 Å². The van der Waals surface area contributed by atoms with Gasteiger partial charge < -0.3 is 5.73 Å². The predicted octanol–water partition coefficient (Wildman–Crippen LogP) is 2.00. The molecular formula is C9H19N3O. The SMILES string of the molecule is CCCCCC/C(C)=N/NC(N)=O. The number of hydrogen-bond acceptors (Lipinski definition) is 2. The Morgan fingerprint density at radius 2 is 2.08 bits per heavy atom. The molecule has 0 aromatic rings. The average molecular weight is 185 g/mol. The van der Waals surface area contributed by atoms with Crippen molar-refractivity contribution in [2.24, 2.45) is 10.8 Å². The number of carbonyl (C=O) groups excluding carboxylic acids is 1. The maximum Gasteiger partial charge on any atom is 0.332 e. The normalized spacial score (nSPS) is 11.4. The number of urea groups is 1. The molecule has 4 heteroatoms. The highest BCUT2D eigenvalue weighted by Crippen LogP contribution is 2.02. The van der Waals surface area contributed by atoms with Gasteiger partial charge in [0.2, 0.25) is 0 Å². The summed E-state index contributed by atoms with van der Waals surface area (Å²) in [5, 5.41) is 3.81. The molecule has 0 aromatic heterocycles. The fourth-order valence-corrected chi connectivity index (χ4v) is 1.01. The molecule has 13 heavy (non-hydrogen) atoms. The topological polar surface area (TPSA) is 67.5 Å². The zero-order valence-electron chi connectivity index (χ0n) is 8.47. The Bertz CT molecular complexity index is 178. The molecule has 0 heterocycles. The third-order valence-corrected chi connectivity index (χ3v) is 1.75. The summed E-state index contributed by atoms with van der Waals surface area (Å²) in [4.78, 5) is 10.3. The molecule has 0 saturated heterocycles. The van der Waals surface area contributed by atoms with Crippen LogP contribution in [0.25, 0.3) is 0 Å². The van der Waals surface area contributed by atoms with Crippen LogP contribution in [0, 0.1) is 0 Å². The lowest BCUT2D eigenvalue weighted by molar-refractivity contribution is 0.249. The van der Waals surface area contributed by atoms with Crippen molar-refractivity contribution >= 4 is 11.7 Å². The van der Waals surface area contributed by atoms with Crippen molar-refractivity contribution in [2.45, 2.75) is 46.0 Å². The number of nitrogens with two attached hydrogens (primary N) is 1. The molecule has 76 valence electrons. The molecule has 4 nitrogen and oxygen atoms in total. The standard InChI is InChI=1S/C9H19N3O/c1-3-4-5-6-7-8(2)11-12-9(10)13/h3-7H2,1-2H3,(H3,10,12,13)/b11-8+. The fraction of sp³-hybridized carbons (Fsp3) is 0.778. The molecule has 0 spiro atoms. The van der Waals surface area contributed by atoms with Crippen LogP contribution in [0.1, 0.15) is 46.0 Å². The molecule has 0 bridgehead atoms. The second kappa shape index (κ2) is 7.58. The Kier molecular flexibility index (Phi) is 6.96. The number of nitrogens with one attached hydrogen (secondary N) is 1. The minimum atomic E-state index is -0.604. The van der Waals surface area contributed by atoms with E-state index < -0.39 is 6.03 Å². The minimum Gasteiger partial charge on any atom is -0.350 e. The summed E-state index contributed by atoms with van der Waals surface area (Å²) in [6.45, 7) is 4.07. The van der Waals surface area contributed by atoms with Crippen molar-refractivity contribution in [1.29, 1.82) is 0 Å². The van der Waals surface area contributed by atoms with Crippen molar-refractivity contribution in [1.82, 2.24) is 5.43 Å². The van der Waals surface area contributed by atoms with Gasteiger partial charge in [-0.25, -0.2) is 10.2 Å². The van der Waals surface area contributed by atoms with Gasteiger partial charge in [0.05, 0.1) is 0 Å². The molecule has 0 rings (SSSR count). The van der Waals surface area contributed by atoms with E-state index in [1.165, 1.54) is 19.3 Å². The Labute approximate surface area is 79.6 Å². The number of unbranched alkanes of at least 4 members (excludes halogenated alkanes) is 3. The molecule has 0 saturated carbocycles. The number of carbonyl (C=O) groups is 1. The van der Waals surface area contributed by atoms with E-state index >= 15 is 0 Å². The number of hydrogen-bond donors (Lipinski definition) is 2. The van der Waals surface area contributed by atoms with Crippen LogP contribution in [0.5, 0.6) is 0 Å². The van der Waals surface area contributed by atoms with Crippen LogP contribution in [-0.2, 0) is 0 Å². The van der Waals surface area contributed by atoms with E-state index in [4.69, 9.17) is 5.73 Å². The minimum absolute atomic E-state index is 0.604. The molecule has 0 unspecified atom stereocenters. The summed E-state index contributed by atoms with van der Waals surface area (Å²) >= 11 is 0. The first-order chi connectivity index (χ1) is 6.16. The Hall–Kier alpha value is -1.06. The van der Waals surface area contributed by atoms with E-state index in [-0.39, 0.29) is 0 Å². The highest BCUT2D eigenvalue weighted by molar-refractivity contribution is 5.83. The van der Waals surface area contributed by atoms with Crippen molar-refractivity contribution in [2.75, 3.05) is 0 Å². The maximum absolute atomic E-state index is 10.3. The van der Waals surface area contributed by atoms with Crippen LogP contribution in [0.3, 0.4) is 0 Å². The third-order valence-electron chi connectivity index (χ3n) is 1.75. The molecule has 0 aliphatic carbocycles. The summed E-state index contributed by atoms with van der Waals surface area (Å²) in [5.74, 6) is 0. The zero-order chi connectivity index (χ0) is 10.1. The number of nitrogens with zero attached hydrogens (tertiary/aromatic N) is 1. The summed E-state index contributed by atoms with van der Waals surface area (Å²) in [6.07, 6.45) is 5.77. The van der Waals surface area contributed by atoms with Crippen LogP contribution in [-0.4, -0.2) is 11.7 Å². The number of primary amides is 1. The smallest absolute Gasteiger partial charge is 0.332 e. The first-order valence-electron chi connectivity index (χ1n) is 4.75. The van der Waals surface area contributed by atoms with Crippen LogP contribution in [0.4, 0.5) is 4.79 Å². The monoisotopic (exact) mass is 185 g/mol. The summed E-state index contributed by atoms with van der Waals surface area (Å²) in [7, 11) is 0. The molecule has 3 N–H and O–H groups in total. The lowest BCUT2D eigenvalue weighted by Gasteiger charge is -1.99. The van der Waals surface area contributed by atoms with E-state index in [2.05, 4.69) is 17.5 Å². The molecule has 0 radical (unpaired) electrons. The summed E-state index contributed by atoms with van der Waals surface area (Å²) in [6, 6.07) is -0.604. The molecule has 2 amide bonds. The average Bonchev–Trinajstić information content (AvgIpc) is 2.09. The van der Waals surface area contributed by atoms with E-state index in [0.29, 0.717) is 0 Å². The second-order valence-electron chi connectivity index (χ2n) is 3.13. The van der Waals surface area contributed by atoms with E-state index in [1.54, 1.807) is 0 Å². The van der Waals surface area contributed by atoms with Crippen molar-refractivity contribution in [3.8, 4) is 0 Å². The quantitative estimate of drug-likeness (QED) is 0.371. The van der Waals surface area contributed by atoms with Crippen LogP contribution in [0.15, 0.2) is 5.10 Å². The number of amides is 2. The number of hydrazone groups is 1. The Morgan fingerprint density at radius 3 is 2.62 bits per heavy atom. The first-order valence-corrected chi connectivity index (χ1v) is 4.75. The van der Waals surface area contributed by atoms with Gasteiger partial charge in [-0.2, -0.15) is 5.10 Å². The Balaban J connectivity index is 3.43. The fourth-order valence-electron chi connectivity index (χ4n) is 1.01. The van der Waals surface area contributed by atoms with Gasteiger partial charge in [-0.3, -0.25) is 0 Å². The van der Waals surface area contributed by atoms with Gasteiger partial charge in [0.15, 0.2) is 0 Å². The van der Waals surface area contributed by atoms with Gasteiger partial charge in [-0.05, 0) is 19.8 Å². The molecule has 0 aliphatic heterocycles. The van der Waals surface area contributed by atoms with E-state index in [9.17, 15) is 4.79 Å². The van der Waals surface area contributed by atoms with Gasteiger partial charge in [0.1, 0.15) is 0 Å². The molecular weight excluding hydrogens is 166 g/mol. The molecule has 0 aromatic carbocycles. The van der Waals surface area contributed by atoms with Crippen molar-refractivity contribution < 1.29 is 4.79 Å². The van der Waals surface area contributed by atoms with Gasteiger partial charge in [0.25, 0.3) is 0 Å². The maximum atomic E-state index is 10.3. The molecule has 0 atom stereocenters. The first kappa shape index (κ1) is 11.9. The largest absolute Gasteiger partial charge is 0.350 e. The molecule has 0 fully saturated rings. The van der Waals surface area contributed by atoms with Crippen LogP contribution >= 0.6 is 0 Å². The zero-order valence-corrected chi connectivity index (χ0v) is 8.47. The van der Waals surface area contributed by atoms with E-state index in [0.717, 1.165) is 18.6 Å². The van der Waals surface area contributed by atoms with Crippen molar-refractivity contribution in [3.05, 3.63) is 0 Å². The highest BCUT2D eigenvalue weighted by Gasteiger charge is 1.93. The summed E-state index contributed by atoms with van der Waals surface area (Å²) < 4.78 is 0. The van der Waals surface area contributed by atoms with Gasteiger partial charge in [0, 0.05) is 5.71 Å². The molecule has 0 aliphatic rings. The van der Waals surface area contributed by atoms with Gasteiger partial charge >= 0.3 is 6.03 Å².